The Morgan fingerprint density at radius 2 is 1.66 bits per heavy atom. The number of aliphatic hydroxyl groups is 1. The van der Waals surface area contributed by atoms with Crippen molar-refractivity contribution in [3.8, 4) is 11.1 Å². The van der Waals surface area contributed by atoms with Crippen molar-refractivity contribution < 1.29 is 38.0 Å². The Hall–Kier alpha value is -3.85. The van der Waals surface area contributed by atoms with Gasteiger partial charge in [0, 0.05) is 28.5 Å². The summed E-state index contributed by atoms with van der Waals surface area (Å²) in [5, 5.41) is 9.18. The molecule has 252 valence electrons. The van der Waals surface area contributed by atoms with Gasteiger partial charge in [0.1, 0.15) is 5.82 Å². The molecule has 0 amide bonds. The number of benzene rings is 3. The lowest BCUT2D eigenvalue weighted by Crippen LogP contribution is -2.25. The van der Waals surface area contributed by atoms with Gasteiger partial charge in [0.25, 0.3) is 0 Å². The Kier molecular flexibility index (Phi) is 13.7. The standard InChI is InChI=1S/C39H47FO7/c1-5-6-7-8-28-9-11-30(12-10-28)35-18-17-32(21-36(35)40)34-24-46-39(47-25-34)31-15-13-29(14-16-31)33(23-45-37(42)26(2)3)19-20-44-38(43)27(4)22-41/h9-18,21,27,33-34,39,41H,2,5-8,19-20,22-25H2,1,3-4H3/t27?,33-,34?,39?/m0/s1. The van der Waals surface area contributed by atoms with E-state index in [9.17, 15) is 14.7 Å². The van der Waals surface area contributed by atoms with E-state index in [1.54, 1.807) is 19.9 Å². The molecule has 0 saturated carbocycles. The molecule has 8 heteroatoms. The second-order valence-electron chi connectivity index (χ2n) is 12.4. The summed E-state index contributed by atoms with van der Waals surface area (Å²) in [6.45, 7) is 9.68. The summed E-state index contributed by atoms with van der Waals surface area (Å²) in [6.07, 6.45) is 4.46. The van der Waals surface area contributed by atoms with Gasteiger partial charge in [-0.3, -0.25) is 4.79 Å². The molecule has 2 atom stereocenters. The van der Waals surface area contributed by atoms with Crippen LogP contribution in [-0.2, 0) is 35.0 Å². The highest BCUT2D eigenvalue weighted by molar-refractivity contribution is 5.86. The van der Waals surface area contributed by atoms with E-state index < -0.39 is 24.1 Å². The first-order chi connectivity index (χ1) is 22.7. The number of hydrogen-bond donors (Lipinski definition) is 1. The second-order valence-corrected chi connectivity index (χ2v) is 12.4. The number of aryl methyl sites for hydroxylation is 1. The van der Waals surface area contributed by atoms with Crippen molar-refractivity contribution in [1.29, 1.82) is 0 Å². The smallest absolute Gasteiger partial charge is 0.333 e. The van der Waals surface area contributed by atoms with Gasteiger partial charge in [0.05, 0.1) is 39.0 Å². The minimum Gasteiger partial charge on any atom is -0.465 e. The lowest BCUT2D eigenvalue weighted by Gasteiger charge is -2.30. The predicted octanol–water partition coefficient (Wildman–Crippen LogP) is 7.82. The first kappa shape index (κ1) is 36.0. The number of rotatable bonds is 16. The molecule has 0 spiro atoms. The zero-order chi connectivity index (χ0) is 33.8. The summed E-state index contributed by atoms with van der Waals surface area (Å²) >= 11 is 0. The van der Waals surface area contributed by atoms with Crippen LogP contribution in [0.25, 0.3) is 11.1 Å². The number of ether oxygens (including phenoxy) is 4. The zero-order valence-electron chi connectivity index (χ0n) is 27.7. The van der Waals surface area contributed by atoms with Crippen LogP contribution in [0.15, 0.2) is 78.9 Å². The SMILES string of the molecule is C=C(C)C(=O)OC[C@H](CCOC(=O)C(C)CO)c1ccc(C2OCC(c3ccc(-c4ccc(CCCCC)cc4)c(F)c3)CO2)cc1. The van der Waals surface area contributed by atoms with Crippen molar-refractivity contribution in [1.82, 2.24) is 0 Å². The van der Waals surface area contributed by atoms with Crippen LogP contribution in [0.1, 0.15) is 86.8 Å². The highest BCUT2D eigenvalue weighted by Crippen LogP contribution is 2.33. The van der Waals surface area contributed by atoms with Crippen LogP contribution in [0.5, 0.6) is 0 Å². The van der Waals surface area contributed by atoms with Gasteiger partial charge >= 0.3 is 11.9 Å². The molecule has 1 aliphatic heterocycles. The van der Waals surface area contributed by atoms with Crippen LogP contribution in [-0.4, -0.2) is 50.1 Å². The lowest BCUT2D eigenvalue weighted by atomic mass is 9.94. The van der Waals surface area contributed by atoms with Crippen LogP contribution >= 0.6 is 0 Å². The third-order valence-electron chi connectivity index (χ3n) is 8.53. The Morgan fingerprint density at radius 1 is 0.979 bits per heavy atom. The average molecular weight is 647 g/mol. The molecule has 1 saturated heterocycles. The first-order valence-electron chi connectivity index (χ1n) is 16.5. The van der Waals surface area contributed by atoms with E-state index in [-0.39, 0.29) is 37.5 Å². The van der Waals surface area contributed by atoms with E-state index in [2.05, 4.69) is 25.6 Å². The van der Waals surface area contributed by atoms with Crippen LogP contribution < -0.4 is 0 Å². The maximum atomic E-state index is 15.2. The Balaban J connectivity index is 1.34. The summed E-state index contributed by atoms with van der Waals surface area (Å²) in [6, 6.07) is 21.2. The number of carbonyl (C=O) groups is 2. The fourth-order valence-electron chi connectivity index (χ4n) is 5.43. The molecule has 1 heterocycles. The van der Waals surface area contributed by atoms with Gasteiger partial charge in [-0.25, -0.2) is 9.18 Å². The third-order valence-corrected chi connectivity index (χ3v) is 8.53. The highest BCUT2D eigenvalue weighted by atomic mass is 19.1. The third kappa shape index (κ3) is 10.3. The van der Waals surface area contributed by atoms with Gasteiger partial charge in [-0.1, -0.05) is 87.0 Å². The summed E-state index contributed by atoms with van der Waals surface area (Å²) < 4.78 is 38.1. The molecular formula is C39H47FO7. The molecule has 1 unspecified atom stereocenters. The number of esters is 2. The van der Waals surface area contributed by atoms with Gasteiger partial charge in [-0.05, 0) is 61.4 Å². The molecule has 0 aliphatic carbocycles. The van der Waals surface area contributed by atoms with Crippen molar-refractivity contribution in [2.75, 3.05) is 33.0 Å². The van der Waals surface area contributed by atoms with Crippen molar-refractivity contribution >= 4 is 11.9 Å². The molecule has 1 N–H and O–H groups in total. The maximum absolute atomic E-state index is 15.2. The van der Waals surface area contributed by atoms with E-state index in [1.807, 2.05) is 48.5 Å². The van der Waals surface area contributed by atoms with E-state index in [1.165, 1.54) is 24.8 Å². The number of halogens is 1. The minimum atomic E-state index is -0.606. The molecule has 47 heavy (non-hydrogen) atoms. The molecule has 0 radical (unpaired) electrons. The highest BCUT2D eigenvalue weighted by Gasteiger charge is 2.26. The second kappa shape index (κ2) is 17.9. The largest absolute Gasteiger partial charge is 0.465 e. The quantitative estimate of drug-likeness (QED) is 0.0964. The Bertz CT molecular complexity index is 1460. The van der Waals surface area contributed by atoms with Crippen LogP contribution in [0.4, 0.5) is 4.39 Å². The molecule has 4 rings (SSSR count). The Morgan fingerprint density at radius 3 is 2.28 bits per heavy atom. The molecule has 7 nitrogen and oxygen atoms in total. The van der Waals surface area contributed by atoms with Crippen molar-refractivity contribution in [3.05, 3.63) is 107 Å². The van der Waals surface area contributed by atoms with Crippen molar-refractivity contribution in [2.24, 2.45) is 5.92 Å². The van der Waals surface area contributed by atoms with Crippen LogP contribution in [0, 0.1) is 11.7 Å². The monoisotopic (exact) mass is 646 g/mol. The number of hydrogen-bond acceptors (Lipinski definition) is 7. The first-order valence-corrected chi connectivity index (χ1v) is 16.5. The van der Waals surface area contributed by atoms with Gasteiger partial charge < -0.3 is 24.1 Å². The van der Waals surface area contributed by atoms with Gasteiger partial charge in [0.15, 0.2) is 6.29 Å². The normalized spacial score (nSPS) is 17.5. The fraction of sp³-hybridized carbons (Fsp3) is 0.436. The molecule has 3 aromatic rings. The minimum absolute atomic E-state index is 0.0932. The summed E-state index contributed by atoms with van der Waals surface area (Å²) in [4.78, 5) is 24.0. The topological polar surface area (TPSA) is 91.3 Å². The van der Waals surface area contributed by atoms with E-state index >= 15 is 4.39 Å². The molecule has 1 fully saturated rings. The molecule has 1 aliphatic rings. The molecule has 0 aromatic heterocycles. The van der Waals surface area contributed by atoms with E-state index in [0.717, 1.165) is 28.7 Å². The molecular weight excluding hydrogens is 599 g/mol. The lowest BCUT2D eigenvalue weighted by molar-refractivity contribution is -0.191. The maximum Gasteiger partial charge on any atom is 0.333 e. The van der Waals surface area contributed by atoms with Gasteiger partial charge in [-0.2, -0.15) is 0 Å². The molecule has 3 aromatic carbocycles. The average Bonchev–Trinajstić information content (AvgIpc) is 3.09. The fourth-order valence-corrected chi connectivity index (χ4v) is 5.43. The van der Waals surface area contributed by atoms with Gasteiger partial charge in [0.2, 0.25) is 0 Å². The zero-order valence-corrected chi connectivity index (χ0v) is 27.7. The van der Waals surface area contributed by atoms with Gasteiger partial charge in [-0.15, -0.1) is 0 Å². The van der Waals surface area contributed by atoms with E-state index in [4.69, 9.17) is 18.9 Å². The summed E-state index contributed by atoms with van der Waals surface area (Å²) in [7, 11) is 0. The summed E-state index contributed by atoms with van der Waals surface area (Å²) in [5.41, 5.74) is 5.57. The number of carbonyl (C=O) groups excluding carboxylic acids is 2. The predicted molar refractivity (Wildman–Crippen MR) is 179 cm³/mol. The van der Waals surface area contributed by atoms with Crippen LogP contribution in [0.2, 0.25) is 0 Å². The van der Waals surface area contributed by atoms with Crippen LogP contribution in [0.3, 0.4) is 0 Å². The summed E-state index contributed by atoms with van der Waals surface area (Å²) in [5.74, 6) is -2.17. The number of unbranched alkanes of at least 4 members (excludes halogenated alkanes) is 2. The number of aliphatic hydroxyl groups excluding tert-OH is 1. The Labute approximate surface area is 277 Å². The van der Waals surface area contributed by atoms with E-state index in [0.29, 0.717) is 30.8 Å². The van der Waals surface area contributed by atoms with Crippen molar-refractivity contribution in [3.63, 3.8) is 0 Å². The molecule has 0 bridgehead atoms. The van der Waals surface area contributed by atoms with Crippen molar-refractivity contribution in [2.45, 2.75) is 71.0 Å².